The van der Waals surface area contributed by atoms with Crippen LogP contribution in [0.25, 0.3) is 5.69 Å². The highest BCUT2D eigenvalue weighted by molar-refractivity contribution is 7.99. The average molecular weight is 318 g/mol. The van der Waals surface area contributed by atoms with E-state index in [-0.39, 0.29) is 0 Å². The van der Waals surface area contributed by atoms with Crippen LogP contribution >= 0.6 is 23.4 Å². The SMILES string of the molecule is NCc1ccc(Cl)cc1Sc1nnnn1-c1ccccc1. The minimum Gasteiger partial charge on any atom is -0.326 e. The Morgan fingerprint density at radius 1 is 1.14 bits per heavy atom. The van der Waals surface area contributed by atoms with Crippen molar-refractivity contribution in [1.29, 1.82) is 0 Å². The summed E-state index contributed by atoms with van der Waals surface area (Å²) in [6.07, 6.45) is 0. The topological polar surface area (TPSA) is 69.6 Å². The van der Waals surface area contributed by atoms with Crippen LogP contribution in [0.5, 0.6) is 0 Å². The molecule has 3 rings (SSSR count). The van der Waals surface area contributed by atoms with E-state index in [1.54, 1.807) is 4.68 Å². The summed E-state index contributed by atoms with van der Waals surface area (Å²) in [6, 6.07) is 15.3. The minimum absolute atomic E-state index is 0.437. The summed E-state index contributed by atoms with van der Waals surface area (Å²) in [4.78, 5) is 0.956. The van der Waals surface area contributed by atoms with E-state index in [0.29, 0.717) is 16.7 Å². The second-order valence-corrected chi connectivity index (χ2v) is 5.71. The van der Waals surface area contributed by atoms with Gasteiger partial charge >= 0.3 is 0 Å². The lowest BCUT2D eigenvalue weighted by atomic mass is 10.2. The lowest BCUT2D eigenvalue weighted by molar-refractivity contribution is 0.756. The van der Waals surface area contributed by atoms with Crippen molar-refractivity contribution in [2.24, 2.45) is 5.73 Å². The maximum Gasteiger partial charge on any atom is 0.218 e. The van der Waals surface area contributed by atoms with Gasteiger partial charge in [-0.3, -0.25) is 0 Å². The van der Waals surface area contributed by atoms with E-state index in [1.165, 1.54) is 11.8 Å². The molecule has 0 saturated heterocycles. The summed E-state index contributed by atoms with van der Waals surface area (Å²) in [6.45, 7) is 0.437. The van der Waals surface area contributed by atoms with E-state index >= 15 is 0 Å². The number of nitrogens with two attached hydrogens (primary N) is 1. The molecule has 0 amide bonds. The average Bonchev–Trinajstić information content (AvgIpc) is 2.96. The number of hydrogen-bond donors (Lipinski definition) is 1. The first kappa shape index (κ1) is 14.1. The number of para-hydroxylation sites is 1. The van der Waals surface area contributed by atoms with Crippen molar-refractivity contribution in [3.8, 4) is 5.69 Å². The number of aromatic nitrogens is 4. The first-order valence-electron chi connectivity index (χ1n) is 6.28. The van der Waals surface area contributed by atoms with Crippen molar-refractivity contribution in [2.45, 2.75) is 16.6 Å². The second-order valence-electron chi connectivity index (χ2n) is 4.27. The fraction of sp³-hybridized carbons (Fsp3) is 0.0714. The maximum absolute atomic E-state index is 6.06. The maximum atomic E-state index is 6.06. The van der Waals surface area contributed by atoms with Gasteiger partial charge in [0.2, 0.25) is 5.16 Å². The molecule has 0 aliphatic heterocycles. The highest BCUT2D eigenvalue weighted by atomic mass is 35.5. The summed E-state index contributed by atoms with van der Waals surface area (Å²) in [5, 5.41) is 13.2. The van der Waals surface area contributed by atoms with Crippen LogP contribution in [0.15, 0.2) is 58.6 Å². The molecule has 0 unspecified atom stereocenters. The highest BCUT2D eigenvalue weighted by Gasteiger charge is 2.12. The summed E-state index contributed by atoms with van der Waals surface area (Å²) < 4.78 is 1.69. The van der Waals surface area contributed by atoms with Gasteiger partial charge in [-0.1, -0.05) is 35.9 Å². The molecule has 0 saturated carbocycles. The Hall–Kier alpha value is -1.89. The van der Waals surface area contributed by atoms with Crippen molar-refractivity contribution >= 4 is 23.4 Å². The van der Waals surface area contributed by atoms with Crippen molar-refractivity contribution in [1.82, 2.24) is 20.2 Å². The summed E-state index contributed by atoms with van der Waals surface area (Å²) in [5.41, 5.74) is 7.67. The zero-order valence-corrected chi connectivity index (χ0v) is 12.6. The molecule has 7 heteroatoms. The minimum atomic E-state index is 0.437. The van der Waals surface area contributed by atoms with Crippen LogP contribution in [0, 0.1) is 0 Å². The van der Waals surface area contributed by atoms with Gasteiger partial charge in [0.25, 0.3) is 0 Å². The molecule has 0 bridgehead atoms. The Morgan fingerprint density at radius 3 is 2.71 bits per heavy atom. The zero-order valence-electron chi connectivity index (χ0n) is 11.0. The Labute approximate surface area is 131 Å². The standard InChI is InChI=1S/C14H12ClN5S/c15-11-7-6-10(9-16)13(8-11)21-14-17-18-19-20(14)12-4-2-1-3-5-12/h1-8H,9,16H2. The molecule has 0 fully saturated rings. The van der Waals surface area contributed by atoms with Crippen molar-refractivity contribution < 1.29 is 0 Å². The van der Waals surface area contributed by atoms with Gasteiger partial charge in [0, 0.05) is 16.5 Å². The molecular formula is C14H12ClN5S. The van der Waals surface area contributed by atoms with Crippen LogP contribution < -0.4 is 5.73 Å². The van der Waals surface area contributed by atoms with Gasteiger partial charge in [0.15, 0.2) is 0 Å². The zero-order chi connectivity index (χ0) is 14.7. The quantitative estimate of drug-likeness (QED) is 0.801. The van der Waals surface area contributed by atoms with E-state index in [9.17, 15) is 0 Å². The third kappa shape index (κ3) is 3.07. The molecule has 0 radical (unpaired) electrons. The first-order valence-corrected chi connectivity index (χ1v) is 7.47. The predicted molar refractivity (Wildman–Crippen MR) is 82.6 cm³/mol. The summed E-state index contributed by atoms with van der Waals surface area (Å²) in [5.74, 6) is 0. The van der Waals surface area contributed by atoms with Crippen LogP contribution in [0.2, 0.25) is 5.02 Å². The van der Waals surface area contributed by atoms with E-state index in [0.717, 1.165) is 16.1 Å². The largest absolute Gasteiger partial charge is 0.326 e. The van der Waals surface area contributed by atoms with Crippen LogP contribution in [0.3, 0.4) is 0 Å². The van der Waals surface area contributed by atoms with E-state index in [4.69, 9.17) is 17.3 Å². The first-order chi connectivity index (χ1) is 10.3. The van der Waals surface area contributed by atoms with E-state index in [1.807, 2.05) is 48.5 Å². The molecule has 0 atom stereocenters. The predicted octanol–water partition coefficient (Wildman–Crippen LogP) is 2.93. The van der Waals surface area contributed by atoms with E-state index < -0.39 is 0 Å². The van der Waals surface area contributed by atoms with Crippen molar-refractivity contribution in [2.75, 3.05) is 0 Å². The number of halogens is 1. The van der Waals surface area contributed by atoms with Gasteiger partial charge < -0.3 is 5.73 Å². The van der Waals surface area contributed by atoms with Crippen LogP contribution in [0.4, 0.5) is 0 Å². The lowest BCUT2D eigenvalue weighted by Crippen LogP contribution is -2.01. The van der Waals surface area contributed by atoms with Crippen LogP contribution in [-0.2, 0) is 6.54 Å². The normalized spacial score (nSPS) is 10.8. The lowest BCUT2D eigenvalue weighted by Gasteiger charge is -2.08. The summed E-state index contributed by atoms with van der Waals surface area (Å²) in [7, 11) is 0. The molecule has 106 valence electrons. The highest BCUT2D eigenvalue weighted by Crippen LogP contribution is 2.31. The second kappa shape index (κ2) is 6.26. The van der Waals surface area contributed by atoms with E-state index in [2.05, 4.69) is 15.5 Å². The molecule has 0 aliphatic rings. The summed E-state index contributed by atoms with van der Waals surface area (Å²) >= 11 is 7.50. The number of benzene rings is 2. The Morgan fingerprint density at radius 2 is 1.95 bits per heavy atom. The Bertz CT molecular complexity index is 744. The Kier molecular flexibility index (Phi) is 4.19. The van der Waals surface area contributed by atoms with Crippen LogP contribution in [0.1, 0.15) is 5.56 Å². The Balaban J connectivity index is 1.97. The van der Waals surface area contributed by atoms with Gasteiger partial charge in [-0.15, -0.1) is 5.10 Å². The fourth-order valence-electron chi connectivity index (χ4n) is 1.86. The van der Waals surface area contributed by atoms with Gasteiger partial charge in [0.05, 0.1) is 5.69 Å². The van der Waals surface area contributed by atoms with Gasteiger partial charge in [-0.05, 0) is 52.0 Å². The molecule has 5 nitrogen and oxygen atoms in total. The smallest absolute Gasteiger partial charge is 0.218 e. The molecule has 1 aromatic heterocycles. The molecular weight excluding hydrogens is 306 g/mol. The monoisotopic (exact) mass is 317 g/mol. The molecule has 3 aromatic rings. The number of hydrogen-bond acceptors (Lipinski definition) is 5. The van der Waals surface area contributed by atoms with Gasteiger partial charge in [-0.2, -0.15) is 4.68 Å². The third-order valence-corrected chi connectivity index (χ3v) is 4.16. The number of rotatable bonds is 4. The number of nitrogens with zero attached hydrogens (tertiary/aromatic N) is 4. The van der Waals surface area contributed by atoms with Crippen molar-refractivity contribution in [3.05, 3.63) is 59.1 Å². The molecule has 2 N–H and O–H groups in total. The van der Waals surface area contributed by atoms with Crippen molar-refractivity contribution in [3.63, 3.8) is 0 Å². The molecule has 2 aromatic carbocycles. The molecule has 0 aliphatic carbocycles. The van der Waals surface area contributed by atoms with Gasteiger partial charge in [-0.25, -0.2) is 0 Å². The van der Waals surface area contributed by atoms with Gasteiger partial charge in [0.1, 0.15) is 0 Å². The van der Waals surface area contributed by atoms with Crippen LogP contribution in [-0.4, -0.2) is 20.2 Å². The molecule has 0 spiro atoms. The fourth-order valence-corrected chi connectivity index (χ4v) is 3.07. The number of tetrazole rings is 1. The molecule has 1 heterocycles. The third-order valence-electron chi connectivity index (χ3n) is 2.89. The molecule has 21 heavy (non-hydrogen) atoms.